The Labute approximate surface area is 220 Å². The van der Waals surface area contributed by atoms with Gasteiger partial charge in [-0.2, -0.15) is 0 Å². The summed E-state index contributed by atoms with van der Waals surface area (Å²) < 4.78 is 32.1. The van der Waals surface area contributed by atoms with Crippen LogP contribution in [-0.4, -0.2) is 82.0 Å². The van der Waals surface area contributed by atoms with E-state index in [1.807, 2.05) is 30.3 Å². The molecule has 1 aliphatic rings. The summed E-state index contributed by atoms with van der Waals surface area (Å²) in [6.45, 7) is 8.50. The molecule has 2 N–H and O–H groups in total. The SMILES string of the molecule is CCNS(=O)(=O)c1ccc(CCC(=O)N(Cc2ccccc2)C(C)C(=O)NCCN2CCOCC2)cc1. The normalized spacial score (nSPS) is 15.2. The van der Waals surface area contributed by atoms with Gasteiger partial charge in [-0.3, -0.25) is 14.5 Å². The van der Waals surface area contributed by atoms with Crippen molar-refractivity contribution in [3.05, 3.63) is 65.7 Å². The number of carbonyl (C=O) groups excluding carboxylic acids is 2. The maximum absolute atomic E-state index is 13.3. The molecule has 0 aromatic heterocycles. The number of sulfonamides is 1. The van der Waals surface area contributed by atoms with Crippen molar-refractivity contribution in [2.45, 2.75) is 44.2 Å². The van der Waals surface area contributed by atoms with Crippen LogP contribution in [0.2, 0.25) is 0 Å². The molecule has 1 saturated heterocycles. The van der Waals surface area contributed by atoms with Gasteiger partial charge >= 0.3 is 0 Å². The van der Waals surface area contributed by atoms with Gasteiger partial charge < -0.3 is 15.0 Å². The van der Waals surface area contributed by atoms with Crippen LogP contribution < -0.4 is 10.0 Å². The summed E-state index contributed by atoms with van der Waals surface area (Å²) in [5.41, 5.74) is 1.80. The standard InChI is InChI=1S/C27H38N4O5S/c1-3-29-37(34,35)25-12-9-23(10-13-25)11-14-26(32)31(21-24-7-5-4-6-8-24)22(2)27(33)28-15-16-30-17-19-36-20-18-30/h4-10,12-13,22,29H,3,11,14-21H2,1-2H3,(H,28,33). The molecule has 10 heteroatoms. The maximum atomic E-state index is 13.3. The van der Waals surface area contributed by atoms with Crippen molar-refractivity contribution in [3.8, 4) is 0 Å². The quantitative estimate of drug-likeness (QED) is 0.409. The van der Waals surface area contributed by atoms with Crippen LogP contribution >= 0.6 is 0 Å². The van der Waals surface area contributed by atoms with Crippen molar-refractivity contribution in [2.24, 2.45) is 0 Å². The zero-order valence-corrected chi connectivity index (χ0v) is 22.5. The minimum absolute atomic E-state index is 0.135. The predicted molar refractivity (Wildman–Crippen MR) is 142 cm³/mol. The molecule has 1 heterocycles. The van der Waals surface area contributed by atoms with Crippen molar-refractivity contribution in [1.29, 1.82) is 0 Å². The van der Waals surface area contributed by atoms with Crippen LogP contribution in [0.15, 0.2) is 59.5 Å². The number of nitrogens with one attached hydrogen (secondary N) is 2. The number of nitrogens with zero attached hydrogens (tertiary/aromatic N) is 2. The molecule has 3 rings (SSSR count). The Balaban J connectivity index is 1.61. The van der Waals surface area contributed by atoms with Crippen molar-refractivity contribution < 1.29 is 22.7 Å². The Morgan fingerprint density at radius 2 is 1.70 bits per heavy atom. The summed E-state index contributed by atoms with van der Waals surface area (Å²) >= 11 is 0. The van der Waals surface area contributed by atoms with E-state index in [9.17, 15) is 18.0 Å². The number of hydrogen-bond acceptors (Lipinski definition) is 6. The second-order valence-corrected chi connectivity index (χ2v) is 10.8. The molecule has 1 unspecified atom stereocenters. The molecule has 202 valence electrons. The highest BCUT2D eigenvalue weighted by molar-refractivity contribution is 7.89. The van der Waals surface area contributed by atoms with Gasteiger partial charge in [-0.15, -0.1) is 0 Å². The lowest BCUT2D eigenvalue weighted by Gasteiger charge is -2.30. The maximum Gasteiger partial charge on any atom is 0.242 e. The van der Waals surface area contributed by atoms with E-state index >= 15 is 0 Å². The van der Waals surface area contributed by atoms with Crippen molar-refractivity contribution in [2.75, 3.05) is 45.9 Å². The van der Waals surface area contributed by atoms with Gasteiger partial charge in [-0.05, 0) is 36.6 Å². The molecule has 9 nitrogen and oxygen atoms in total. The number of morpholine rings is 1. The van der Waals surface area contributed by atoms with Crippen molar-refractivity contribution >= 4 is 21.8 Å². The molecule has 2 amide bonds. The highest BCUT2D eigenvalue weighted by Gasteiger charge is 2.26. The average Bonchev–Trinajstić information content (AvgIpc) is 2.91. The van der Waals surface area contributed by atoms with E-state index in [1.165, 1.54) is 0 Å². The van der Waals surface area contributed by atoms with Gasteiger partial charge in [-0.25, -0.2) is 13.1 Å². The minimum atomic E-state index is -3.52. The van der Waals surface area contributed by atoms with E-state index in [0.29, 0.717) is 39.3 Å². The topological polar surface area (TPSA) is 108 Å². The van der Waals surface area contributed by atoms with Crippen LogP contribution in [0.5, 0.6) is 0 Å². The Hall–Kier alpha value is -2.79. The van der Waals surface area contributed by atoms with E-state index in [0.717, 1.165) is 30.8 Å². The van der Waals surface area contributed by atoms with E-state index in [2.05, 4.69) is 14.9 Å². The van der Waals surface area contributed by atoms with Gasteiger partial charge in [0.15, 0.2) is 0 Å². The fourth-order valence-electron chi connectivity index (χ4n) is 4.18. The lowest BCUT2D eigenvalue weighted by Crippen LogP contribution is -2.49. The van der Waals surface area contributed by atoms with Crippen LogP contribution in [0, 0.1) is 0 Å². The van der Waals surface area contributed by atoms with Gasteiger partial charge in [0.05, 0.1) is 18.1 Å². The lowest BCUT2D eigenvalue weighted by atomic mass is 10.1. The van der Waals surface area contributed by atoms with Crippen LogP contribution in [0.1, 0.15) is 31.4 Å². The molecule has 0 saturated carbocycles. The number of ether oxygens (including phenoxy) is 1. The molecule has 1 atom stereocenters. The third kappa shape index (κ3) is 8.92. The van der Waals surface area contributed by atoms with E-state index < -0.39 is 16.1 Å². The summed E-state index contributed by atoms with van der Waals surface area (Å²) in [6, 6.07) is 15.5. The Morgan fingerprint density at radius 1 is 1.03 bits per heavy atom. The number of hydrogen-bond donors (Lipinski definition) is 2. The number of rotatable bonds is 13. The van der Waals surface area contributed by atoms with Crippen molar-refractivity contribution in [3.63, 3.8) is 0 Å². The second-order valence-electron chi connectivity index (χ2n) is 9.07. The van der Waals surface area contributed by atoms with Gasteiger partial charge in [-0.1, -0.05) is 49.4 Å². The highest BCUT2D eigenvalue weighted by atomic mass is 32.2. The first-order valence-electron chi connectivity index (χ1n) is 12.8. The Bertz CT molecular complexity index is 1100. The average molecular weight is 531 g/mol. The largest absolute Gasteiger partial charge is 0.379 e. The summed E-state index contributed by atoms with van der Waals surface area (Å²) in [4.78, 5) is 30.3. The zero-order chi connectivity index (χ0) is 26.7. The molecule has 0 spiro atoms. The molecule has 0 radical (unpaired) electrons. The van der Waals surface area contributed by atoms with Crippen LogP contribution in [0.4, 0.5) is 0 Å². The summed E-state index contributed by atoms with van der Waals surface area (Å²) in [5.74, 6) is -0.320. The third-order valence-corrected chi connectivity index (χ3v) is 7.95. The summed E-state index contributed by atoms with van der Waals surface area (Å²) in [7, 11) is -3.52. The fraction of sp³-hybridized carbons (Fsp3) is 0.481. The minimum Gasteiger partial charge on any atom is -0.379 e. The van der Waals surface area contributed by atoms with Gasteiger partial charge in [0, 0.05) is 45.7 Å². The van der Waals surface area contributed by atoms with E-state index in [4.69, 9.17) is 4.74 Å². The number of aryl methyl sites for hydroxylation is 1. The predicted octanol–water partition coefficient (Wildman–Crippen LogP) is 1.78. The summed E-state index contributed by atoms with van der Waals surface area (Å²) in [6.07, 6.45) is 0.647. The third-order valence-electron chi connectivity index (χ3n) is 6.39. The number of carbonyl (C=O) groups is 2. The number of benzene rings is 2. The molecule has 2 aromatic rings. The Kier molecular flexibility index (Phi) is 11.1. The molecular weight excluding hydrogens is 492 g/mol. The fourth-order valence-corrected chi connectivity index (χ4v) is 5.22. The molecule has 1 aliphatic heterocycles. The molecule has 0 aliphatic carbocycles. The molecule has 37 heavy (non-hydrogen) atoms. The molecular formula is C27H38N4O5S. The monoisotopic (exact) mass is 530 g/mol. The first-order chi connectivity index (χ1) is 17.8. The molecule has 1 fully saturated rings. The van der Waals surface area contributed by atoms with Gasteiger partial charge in [0.1, 0.15) is 6.04 Å². The molecule has 0 bridgehead atoms. The number of amides is 2. The van der Waals surface area contributed by atoms with Gasteiger partial charge in [0.2, 0.25) is 21.8 Å². The van der Waals surface area contributed by atoms with Crippen LogP contribution in [0.3, 0.4) is 0 Å². The molecule has 2 aromatic carbocycles. The van der Waals surface area contributed by atoms with Gasteiger partial charge in [0.25, 0.3) is 0 Å². The van der Waals surface area contributed by atoms with Crippen LogP contribution in [0.25, 0.3) is 0 Å². The van der Waals surface area contributed by atoms with Crippen molar-refractivity contribution in [1.82, 2.24) is 19.8 Å². The first-order valence-corrected chi connectivity index (χ1v) is 14.3. The Morgan fingerprint density at radius 3 is 2.35 bits per heavy atom. The highest BCUT2D eigenvalue weighted by Crippen LogP contribution is 2.15. The van der Waals surface area contributed by atoms with E-state index in [1.54, 1.807) is 43.0 Å². The van der Waals surface area contributed by atoms with E-state index in [-0.39, 0.29) is 23.1 Å². The zero-order valence-electron chi connectivity index (χ0n) is 21.7. The smallest absolute Gasteiger partial charge is 0.242 e. The summed E-state index contributed by atoms with van der Waals surface area (Å²) in [5, 5.41) is 2.98. The lowest BCUT2D eigenvalue weighted by molar-refractivity contribution is -0.140. The first kappa shape index (κ1) is 28.8. The van der Waals surface area contributed by atoms with Crippen LogP contribution in [-0.2, 0) is 37.3 Å². The second kappa shape index (κ2) is 14.2.